The summed E-state index contributed by atoms with van der Waals surface area (Å²) in [6.45, 7) is 8.48. The molecule has 8 nitrogen and oxygen atoms in total. The van der Waals surface area contributed by atoms with Gasteiger partial charge in [0.1, 0.15) is 0 Å². The average Bonchev–Trinajstić information content (AvgIpc) is 2.98. The molecule has 0 saturated carbocycles. The van der Waals surface area contributed by atoms with E-state index in [4.69, 9.17) is 12.2 Å². The molecule has 0 radical (unpaired) electrons. The Hall–Kier alpha value is -2.14. The van der Waals surface area contributed by atoms with Crippen LogP contribution in [0.2, 0.25) is 0 Å². The van der Waals surface area contributed by atoms with Crippen molar-refractivity contribution in [2.45, 2.75) is 32.3 Å². The molecule has 0 amide bonds. The minimum atomic E-state index is -3.46. The summed E-state index contributed by atoms with van der Waals surface area (Å²) in [6.07, 6.45) is 0. The summed E-state index contributed by atoms with van der Waals surface area (Å²) in [5.41, 5.74) is 2.94. The van der Waals surface area contributed by atoms with Gasteiger partial charge in [-0.1, -0.05) is 17.7 Å². The van der Waals surface area contributed by atoms with Crippen molar-refractivity contribution in [2.24, 2.45) is 0 Å². The second kappa shape index (κ2) is 7.60. The van der Waals surface area contributed by atoms with E-state index >= 15 is 0 Å². The molecule has 4 rings (SSSR count). The molecule has 0 unspecified atom stereocenters. The predicted octanol–water partition coefficient (Wildman–Crippen LogP) is 2.15. The molecule has 1 aromatic carbocycles. The zero-order chi connectivity index (χ0) is 20.8. The molecule has 2 aromatic heterocycles. The number of hydrogen-bond donors (Lipinski definition) is 0. The third kappa shape index (κ3) is 3.85. The minimum absolute atomic E-state index is 0.344. The van der Waals surface area contributed by atoms with Crippen LogP contribution in [0, 0.1) is 25.5 Å². The minimum Gasteiger partial charge on any atom is -0.282 e. The van der Waals surface area contributed by atoms with Gasteiger partial charge in [0.05, 0.1) is 11.6 Å². The quantitative estimate of drug-likeness (QED) is 0.588. The van der Waals surface area contributed by atoms with E-state index in [1.807, 2.05) is 43.4 Å². The van der Waals surface area contributed by atoms with E-state index in [0.29, 0.717) is 48.3 Å². The Morgan fingerprint density at radius 2 is 1.69 bits per heavy atom. The van der Waals surface area contributed by atoms with Crippen LogP contribution in [0.5, 0.6) is 0 Å². The molecule has 1 aliphatic heterocycles. The van der Waals surface area contributed by atoms with Crippen LogP contribution in [0.1, 0.15) is 17.0 Å². The van der Waals surface area contributed by atoms with Crippen molar-refractivity contribution in [3.63, 3.8) is 0 Å². The lowest BCUT2D eigenvalue weighted by Crippen LogP contribution is -2.48. The number of hydrogen-bond acceptors (Lipinski definition) is 6. The molecular weight excluding hydrogens is 408 g/mol. The predicted molar refractivity (Wildman–Crippen MR) is 113 cm³/mol. The van der Waals surface area contributed by atoms with E-state index in [1.54, 1.807) is 21.1 Å². The van der Waals surface area contributed by atoms with Gasteiger partial charge in [-0.3, -0.25) is 9.30 Å². The van der Waals surface area contributed by atoms with Gasteiger partial charge in [0.25, 0.3) is 5.78 Å². The van der Waals surface area contributed by atoms with E-state index in [-0.39, 0.29) is 0 Å². The fourth-order valence-corrected chi connectivity index (χ4v) is 5.33. The monoisotopic (exact) mass is 432 g/mol. The highest BCUT2D eigenvalue weighted by Gasteiger charge is 2.28. The van der Waals surface area contributed by atoms with E-state index in [1.165, 1.54) is 0 Å². The molecule has 29 heavy (non-hydrogen) atoms. The molecule has 1 saturated heterocycles. The molecule has 0 aliphatic carbocycles. The lowest BCUT2D eigenvalue weighted by atomic mass is 10.2. The van der Waals surface area contributed by atoms with Gasteiger partial charge < -0.3 is 0 Å². The van der Waals surface area contributed by atoms with Crippen LogP contribution in [-0.2, 0) is 16.7 Å². The van der Waals surface area contributed by atoms with E-state index in [0.717, 1.165) is 17.0 Å². The van der Waals surface area contributed by atoms with Crippen molar-refractivity contribution in [2.75, 3.05) is 26.2 Å². The summed E-state index contributed by atoms with van der Waals surface area (Å²) < 4.78 is 31.5. The SMILES string of the molecule is Cc1ccc(S(=O)(=O)N2CCN(Cn3nc4nc(C)cc(C)n4c3=S)CC2)cc1. The van der Waals surface area contributed by atoms with Crippen molar-refractivity contribution in [3.05, 3.63) is 52.1 Å². The Morgan fingerprint density at radius 3 is 2.34 bits per heavy atom. The van der Waals surface area contributed by atoms with Gasteiger partial charge in [0, 0.05) is 37.6 Å². The van der Waals surface area contributed by atoms with Gasteiger partial charge in [0.2, 0.25) is 14.8 Å². The maximum atomic E-state index is 12.9. The molecule has 10 heteroatoms. The number of aryl methyl sites for hydroxylation is 3. The second-order valence-corrected chi connectivity index (χ2v) is 9.74. The molecule has 0 spiro atoms. The maximum absolute atomic E-state index is 12.9. The number of sulfonamides is 1. The Kier molecular flexibility index (Phi) is 5.28. The van der Waals surface area contributed by atoms with Crippen molar-refractivity contribution in [1.29, 1.82) is 0 Å². The Balaban J connectivity index is 1.47. The smallest absolute Gasteiger partial charge is 0.254 e. The molecule has 3 aromatic rings. The summed E-state index contributed by atoms with van der Waals surface area (Å²) in [4.78, 5) is 6.96. The largest absolute Gasteiger partial charge is 0.282 e. The number of aromatic nitrogens is 4. The Morgan fingerprint density at radius 1 is 1.03 bits per heavy atom. The summed E-state index contributed by atoms with van der Waals surface area (Å²) in [5.74, 6) is 0.591. The summed E-state index contributed by atoms with van der Waals surface area (Å²) >= 11 is 5.57. The van der Waals surface area contributed by atoms with E-state index < -0.39 is 10.0 Å². The molecular formula is C19H24N6O2S2. The fraction of sp³-hybridized carbons (Fsp3) is 0.421. The number of nitrogens with zero attached hydrogens (tertiary/aromatic N) is 6. The number of piperazine rings is 1. The first-order valence-electron chi connectivity index (χ1n) is 9.49. The van der Waals surface area contributed by atoms with Crippen molar-refractivity contribution in [3.8, 4) is 0 Å². The molecule has 3 heterocycles. The van der Waals surface area contributed by atoms with Gasteiger partial charge >= 0.3 is 0 Å². The average molecular weight is 433 g/mol. The van der Waals surface area contributed by atoms with E-state index in [2.05, 4.69) is 15.0 Å². The van der Waals surface area contributed by atoms with Gasteiger partial charge in [0.15, 0.2) is 0 Å². The number of rotatable bonds is 4. The number of fused-ring (bicyclic) bond motifs is 1. The van der Waals surface area contributed by atoms with Crippen molar-refractivity contribution < 1.29 is 8.42 Å². The highest BCUT2D eigenvalue weighted by atomic mass is 32.2. The molecule has 154 valence electrons. The Bertz CT molecular complexity index is 1210. The van der Waals surface area contributed by atoms with Crippen LogP contribution in [0.25, 0.3) is 5.78 Å². The highest BCUT2D eigenvalue weighted by molar-refractivity contribution is 7.89. The molecule has 0 atom stereocenters. The van der Waals surface area contributed by atoms with Crippen LogP contribution in [0.15, 0.2) is 35.2 Å². The van der Waals surface area contributed by atoms with Crippen molar-refractivity contribution in [1.82, 2.24) is 28.4 Å². The van der Waals surface area contributed by atoms with Crippen LogP contribution < -0.4 is 0 Å². The van der Waals surface area contributed by atoms with Gasteiger partial charge in [-0.15, -0.1) is 5.10 Å². The zero-order valence-corrected chi connectivity index (χ0v) is 18.4. The zero-order valence-electron chi connectivity index (χ0n) is 16.7. The highest BCUT2D eigenvalue weighted by Crippen LogP contribution is 2.18. The van der Waals surface area contributed by atoms with Crippen LogP contribution in [-0.4, -0.2) is 63.0 Å². The van der Waals surface area contributed by atoms with Crippen LogP contribution in [0.3, 0.4) is 0 Å². The van der Waals surface area contributed by atoms with Crippen molar-refractivity contribution >= 4 is 28.0 Å². The third-order valence-electron chi connectivity index (χ3n) is 5.19. The summed E-state index contributed by atoms with van der Waals surface area (Å²) in [6, 6.07) is 8.97. The standard InChI is InChI=1S/C19H24N6O2S2/c1-14-4-6-17(7-5-14)29(26,27)23-10-8-22(9-11-23)13-24-19(28)25-16(3)12-15(2)20-18(25)21-24/h4-7,12H,8-11,13H2,1-3H3. The molecule has 1 aliphatic rings. The first-order chi connectivity index (χ1) is 13.8. The Labute approximate surface area is 175 Å². The molecule has 0 N–H and O–H groups in total. The van der Waals surface area contributed by atoms with E-state index in [9.17, 15) is 8.42 Å². The molecule has 0 bridgehead atoms. The number of benzene rings is 1. The fourth-order valence-electron chi connectivity index (χ4n) is 3.59. The topological polar surface area (TPSA) is 75.7 Å². The first-order valence-corrected chi connectivity index (χ1v) is 11.3. The summed E-state index contributed by atoms with van der Waals surface area (Å²) in [5, 5.41) is 4.54. The maximum Gasteiger partial charge on any atom is 0.254 e. The van der Waals surface area contributed by atoms with Crippen LogP contribution >= 0.6 is 12.2 Å². The summed E-state index contributed by atoms with van der Waals surface area (Å²) in [7, 11) is -3.46. The van der Waals surface area contributed by atoms with Gasteiger partial charge in [-0.2, -0.15) is 4.31 Å². The lowest BCUT2D eigenvalue weighted by Gasteiger charge is -2.33. The first kappa shape index (κ1) is 20.1. The van der Waals surface area contributed by atoms with Gasteiger partial charge in [-0.05, 0) is 51.2 Å². The van der Waals surface area contributed by atoms with Gasteiger partial charge in [-0.25, -0.2) is 18.1 Å². The lowest BCUT2D eigenvalue weighted by molar-refractivity contribution is 0.145. The second-order valence-electron chi connectivity index (χ2n) is 7.43. The molecule has 1 fully saturated rings. The van der Waals surface area contributed by atoms with Crippen LogP contribution in [0.4, 0.5) is 0 Å². The third-order valence-corrected chi connectivity index (χ3v) is 7.50. The normalized spacial score (nSPS) is 16.5.